The predicted molar refractivity (Wildman–Crippen MR) is 37.4 cm³/mol. The Kier molecular flexibility index (Phi) is 2.60. The molecular weight excluding hydrogens is 187 g/mol. The summed E-state index contributed by atoms with van der Waals surface area (Å²) in [6, 6.07) is 0.781. The van der Waals surface area contributed by atoms with Gasteiger partial charge in [0.2, 0.25) is 5.88 Å². The molecule has 1 N–H and O–H groups in total. The second kappa shape index (κ2) is 3.51. The normalized spacial score (nSPS) is 10.5. The van der Waals surface area contributed by atoms with Gasteiger partial charge in [0.25, 0.3) is 12.4 Å². The van der Waals surface area contributed by atoms with Crippen molar-refractivity contribution < 1.29 is 23.0 Å². The molecule has 0 saturated carbocycles. The van der Waals surface area contributed by atoms with Gasteiger partial charge in [-0.15, -0.1) is 0 Å². The number of aromatic hydroxyl groups is 1. The van der Waals surface area contributed by atoms with E-state index < -0.39 is 23.7 Å². The van der Waals surface area contributed by atoms with Crippen molar-refractivity contribution in [2.45, 2.75) is 6.43 Å². The van der Waals surface area contributed by atoms with Crippen LogP contribution in [0.2, 0.25) is 0 Å². The van der Waals surface area contributed by atoms with Crippen LogP contribution in [0.15, 0.2) is 6.07 Å². The number of ether oxygens (including phenoxy) is 1. The highest BCUT2D eigenvalue weighted by Gasteiger charge is 2.19. The topological polar surface area (TPSA) is 42.4 Å². The summed E-state index contributed by atoms with van der Waals surface area (Å²) < 4.78 is 41.3. The molecule has 0 aliphatic rings. The molecule has 1 aromatic rings. The molecule has 1 aromatic heterocycles. The number of nitrogens with zero attached hydrogens (tertiary/aromatic N) is 1. The van der Waals surface area contributed by atoms with Crippen LogP contribution in [-0.2, 0) is 0 Å². The number of alkyl halides is 2. The second-order valence-electron chi connectivity index (χ2n) is 2.19. The lowest BCUT2D eigenvalue weighted by molar-refractivity contribution is 0.145. The van der Waals surface area contributed by atoms with E-state index in [4.69, 9.17) is 5.11 Å². The van der Waals surface area contributed by atoms with E-state index in [0.717, 1.165) is 13.2 Å². The Morgan fingerprint density at radius 1 is 1.54 bits per heavy atom. The number of halogens is 3. The van der Waals surface area contributed by atoms with Crippen molar-refractivity contribution in [1.29, 1.82) is 0 Å². The summed E-state index contributed by atoms with van der Waals surface area (Å²) in [6.45, 7) is 0. The molecule has 0 saturated heterocycles. The van der Waals surface area contributed by atoms with Gasteiger partial charge in [0, 0.05) is 6.07 Å². The molecule has 72 valence electrons. The molecule has 0 aliphatic heterocycles. The molecule has 0 fully saturated rings. The molecule has 0 aliphatic carbocycles. The van der Waals surface area contributed by atoms with E-state index in [1.54, 1.807) is 0 Å². The Labute approximate surface area is 71.8 Å². The van der Waals surface area contributed by atoms with E-state index in [-0.39, 0.29) is 5.88 Å². The molecule has 0 atom stereocenters. The Morgan fingerprint density at radius 2 is 2.15 bits per heavy atom. The minimum absolute atomic E-state index is 0.300. The molecule has 0 radical (unpaired) electrons. The molecule has 6 heteroatoms. The van der Waals surface area contributed by atoms with Crippen LogP contribution in [0.3, 0.4) is 0 Å². The van der Waals surface area contributed by atoms with Crippen molar-refractivity contribution >= 4 is 0 Å². The highest BCUT2D eigenvalue weighted by molar-refractivity contribution is 5.35. The highest BCUT2D eigenvalue weighted by atomic mass is 19.3. The molecule has 0 unspecified atom stereocenters. The van der Waals surface area contributed by atoms with Crippen LogP contribution in [0, 0.1) is 5.95 Å². The average Bonchev–Trinajstić information content (AvgIpc) is 2.09. The standard InChI is InChI=1S/C7H6F3NO2/c1-13-4-2-3(6(8)9)5(12)7(10)11-4/h2,6,12H,1H3. The minimum atomic E-state index is -2.97. The Morgan fingerprint density at radius 3 is 2.62 bits per heavy atom. The van der Waals surface area contributed by atoms with Crippen LogP contribution in [0.1, 0.15) is 12.0 Å². The van der Waals surface area contributed by atoms with E-state index in [1.807, 2.05) is 0 Å². The highest BCUT2D eigenvalue weighted by Crippen LogP contribution is 2.31. The van der Waals surface area contributed by atoms with Gasteiger partial charge in [0.15, 0.2) is 5.75 Å². The lowest BCUT2D eigenvalue weighted by Gasteiger charge is -2.05. The van der Waals surface area contributed by atoms with Gasteiger partial charge in [-0.1, -0.05) is 0 Å². The first kappa shape index (κ1) is 9.63. The third-order valence-corrected chi connectivity index (χ3v) is 1.40. The van der Waals surface area contributed by atoms with Crippen molar-refractivity contribution in [2.75, 3.05) is 7.11 Å². The average molecular weight is 193 g/mol. The predicted octanol–water partition coefficient (Wildman–Crippen LogP) is 1.87. The molecule has 0 bridgehead atoms. The third-order valence-electron chi connectivity index (χ3n) is 1.40. The summed E-state index contributed by atoms with van der Waals surface area (Å²) in [5.41, 5.74) is -0.829. The van der Waals surface area contributed by atoms with Crippen LogP contribution in [-0.4, -0.2) is 17.2 Å². The van der Waals surface area contributed by atoms with Crippen molar-refractivity contribution in [2.24, 2.45) is 0 Å². The summed E-state index contributed by atoms with van der Waals surface area (Å²) >= 11 is 0. The van der Waals surface area contributed by atoms with Crippen LogP contribution >= 0.6 is 0 Å². The number of methoxy groups -OCH3 is 1. The van der Waals surface area contributed by atoms with Crippen LogP contribution in [0.5, 0.6) is 11.6 Å². The molecule has 3 nitrogen and oxygen atoms in total. The fourth-order valence-corrected chi connectivity index (χ4v) is 0.773. The van der Waals surface area contributed by atoms with E-state index in [0.29, 0.717) is 0 Å². The van der Waals surface area contributed by atoms with Gasteiger partial charge in [-0.2, -0.15) is 9.37 Å². The number of rotatable bonds is 2. The molecule has 1 heterocycles. The van der Waals surface area contributed by atoms with E-state index in [9.17, 15) is 13.2 Å². The van der Waals surface area contributed by atoms with Gasteiger partial charge in [0.1, 0.15) is 0 Å². The first-order valence-electron chi connectivity index (χ1n) is 3.27. The van der Waals surface area contributed by atoms with E-state index in [2.05, 4.69) is 9.72 Å². The monoisotopic (exact) mass is 193 g/mol. The van der Waals surface area contributed by atoms with Crippen molar-refractivity contribution in [3.8, 4) is 11.6 Å². The maximum absolute atomic E-state index is 12.6. The van der Waals surface area contributed by atoms with E-state index >= 15 is 0 Å². The van der Waals surface area contributed by atoms with Gasteiger partial charge in [-0.25, -0.2) is 8.78 Å². The smallest absolute Gasteiger partial charge is 0.267 e. The molecule has 0 amide bonds. The van der Waals surface area contributed by atoms with Crippen molar-refractivity contribution in [3.63, 3.8) is 0 Å². The summed E-state index contributed by atoms with van der Waals surface area (Å²) in [6.07, 6.45) is -2.97. The first-order chi connectivity index (χ1) is 6.06. The lowest BCUT2D eigenvalue weighted by Crippen LogP contribution is -1.96. The Balaban J connectivity index is 3.25. The summed E-state index contributed by atoms with van der Waals surface area (Å²) in [5.74, 6) is -2.81. The molecule has 13 heavy (non-hydrogen) atoms. The first-order valence-corrected chi connectivity index (χ1v) is 3.27. The van der Waals surface area contributed by atoms with Crippen molar-refractivity contribution in [3.05, 3.63) is 17.6 Å². The fourth-order valence-electron chi connectivity index (χ4n) is 0.773. The molecular formula is C7H6F3NO2. The van der Waals surface area contributed by atoms with E-state index in [1.165, 1.54) is 0 Å². The maximum atomic E-state index is 12.6. The van der Waals surface area contributed by atoms with Gasteiger partial charge in [-0.3, -0.25) is 0 Å². The SMILES string of the molecule is COc1cc(C(F)F)c(O)c(F)n1. The molecule has 0 spiro atoms. The van der Waals surface area contributed by atoms with Gasteiger partial charge < -0.3 is 9.84 Å². The van der Waals surface area contributed by atoms with Crippen LogP contribution in [0.25, 0.3) is 0 Å². The largest absolute Gasteiger partial charge is 0.503 e. The zero-order valence-corrected chi connectivity index (χ0v) is 6.59. The summed E-state index contributed by atoms with van der Waals surface area (Å²) in [5, 5.41) is 8.81. The molecule has 1 rings (SSSR count). The number of pyridine rings is 1. The second-order valence-corrected chi connectivity index (χ2v) is 2.19. The Hall–Kier alpha value is -1.46. The zero-order valence-electron chi connectivity index (χ0n) is 6.59. The lowest BCUT2D eigenvalue weighted by atomic mass is 10.2. The zero-order chi connectivity index (χ0) is 10.0. The third kappa shape index (κ3) is 1.82. The maximum Gasteiger partial charge on any atom is 0.267 e. The van der Waals surface area contributed by atoms with Gasteiger partial charge >= 0.3 is 0 Å². The number of hydrogen-bond acceptors (Lipinski definition) is 3. The van der Waals surface area contributed by atoms with Crippen molar-refractivity contribution in [1.82, 2.24) is 4.98 Å². The number of aromatic nitrogens is 1. The number of hydrogen-bond donors (Lipinski definition) is 1. The quantitative estimate of drug-likeness (QED) is 0.729. The summed E-state index contributed by atoms with van der Waals surface area (Å²) in [7, 11) is 1.16. The van der Waals surface area contributed by atoms with Gasteiger partial charge in [0.05, 0.1) is 12.7 Å². The van der Waals surface area contributed by atoms with Crippen LogP contribution < -0.4 is 4.74 Å². The minimum Gasteiger partial charge on any atom is -0.503 e. The van der Waals surface area contributed by atoms with Crippen LogP contribution in [0.4, 0.5) is 13.2 Å². The molecule has 0 aromatic carbocycles. The van der Waals surface area contributed by atoms with Gasteiger partial charge in [-0.05, 0) is 0 Å². The summed E-state index contributed by atoms with van der Waals surface area (Å²) in [4.78, 5) is 3.06. The fraction of sp³-hybridized carbons (Fsp3) is 0.286. The Bertz CT molecular complexity index is 317.